The maximum absolute atomic E-state index is 13.5. The lowest BCUT2D eigenvalue weighted by molar-refractivity contribution is -0.138. The average molecular weight is 688 g/mol. The Hall–Kier alpha value is -6.09. The van der Waals surface area contributed by atoms with Gasteiger partial charge in [-0.25, -0.2) is 15.0 Å². The molecule has 7 rings (SSSR count). The summed E-state index contributed by atoms with van der Waals surface area (Å²) in [6, 6.07) is 39.8. The van der Waals surface area contributed by atoms with Gasteiger partial charge >= 0.3 is 12.4 Å². The molecule has 252 valence electrons. The van der Waals surface area contributed by atoms with Gasteiger partial charge in [-0.15, -0.1) is 0 Å². The zero-order chi connectivity index (χ0) is 35.8. The second kappa shape index (κ2) is 13.3. The van der Waals surface area contributed by atoms with E-state index in [4.69, 9.17) is 15.0 Å². The quantitative estimate of drug-likeness (QED) is 0.163. The van der Waals surface area contributed by atoms with Crippen LogP contribution < -0.4 is 0 Å². The second-order valence-electron chi connectivity index (χ2n) is 12.1. The lowest BCUT2D eigenvalue weighted by atomic mass is 9.99. The van der Waals surface area contributed by atoms with Crippen molar-refractivity contribution in [3.63, 3.8) is 0 Å². The second-order valence-corrected chi connectivity index (χ2v) is 12.1. The van der Waals surface area contributed by atoms with E-state index in [1.165, 1.54) is 12.1 Å². The summed E-state index contributed by atoms with van der Waals surface area (Å²) in [4.78, 5) is 14.5. The molecule has 0 aliphatic heterocycles. The van der Waals surface area contributed by atoms with Crippen LogP contribution in [0.1, 0.15) is 16.7 Å². The van der Waals surface area contributed by atoms with Crippen molar-refractivity contribution in [1.82, 2.24) is 15.0 Å². The molecule has 6 aromatic carbocycles. The van der Waals surface area contributed by atoms with Gasteiger partial charge in [0.25, 0.3) is 0 Å². The minimum Gasteiger partial charge on any atom is -0.208 e. The molecule has 0 aliphatic carbocycles. The Balaban J connectivity index is 1.37. The van der Waals surface area contributed by atoms with E-state index in [0.717, 1.165) is 41.0 Å². The van der Waals surface area contributed by atoms with Crippen molar-refractivity contribution in [1.29, 1.82) is 0 Å². The minimum absolute atomic E-state index is 0.272. The van der Waals surface area contributed by atoms with Gasteiger partial charge < -0.3 is 0 Å². The fraction of sp³-hybridized carbons (Fsp3) is 0.0714. The molecule has 0 bridgehead atoms. The van der Waals surface area contributed by atoms with Gasteiger partial charge in [-0.3, -0.25) is 0 Å². The van der Waals surface area contributed by atoms with Gasteiger partial charge in [-0.1, -0.05) is 109 Å². The number of aryl methyl sites for hydroxylation is 1. The zero-order valence-corrected chi connectivity index (χ0v) is 27.0. The third kappa shape index (κ3) is 7.43. The molecule has 0 radical (unpaired) electrons. The van der Waals surface area contributed by atoms with E-state index < -0.39 is 23.5 Å². The predicted molar refractivity (Wildman–Crippen MR) is 187 cm³/mol. The van der Waals surface area contributed by atoms with Gasteiger partial charge in [0, 0.05) is 16.7 Å². The fourth-order valence-electron chi connectivity index (χ4n) is 5.85. The van der Waals surface area contributed by atoms with Gasteiger partial charge in [0.1, 0.15) is 0 Å². The SMILES string of the molecule is Cc1cccc(-c2cccc(-c3nc(-c4cccc(-c5cccc(C(F)(F)F)c5)c4)nc(-c4cccc(-c5cccc(C(F)(F)F)c5)c4)n3)c2)c1. The Morgan fingerprint density at radius 3 is 0.941 bits per heavy atom. The van der Waals surface area contributed by atoms with E-state index in [9.17, 15) is 26.3 Å². The first-order valence-corrected chi connectivity index (χ1v) is 15.9. The molecular formula is C42H27F6N3. The first kappa shape index (κ1) is 33.4. The van der Waals surface area contributed by atoms with Crippen LogP contribution in [-0.2, 0) is 12.4 Å². The number of hydrogen-bond donors (Lipinski definition) is 0. The van der Waals surface area contributed by atoms with E-state index in [0.29, 0.717) is 44.8 Å². The summed E-state index contributed by atoms with van der Waals surface area (Å²) in [7, 11) is 0. The van der Waals surface area contributed by atoms with E-state index in [1.54, 1.807) is 60.7 Å². The number of benzene rings is 6. The van der Waals surface area contributed by atoms with Crippen molar-refractivity contribution in [3.05, 3.63) is 162 Å². The molecule has 3 nitrogen and oxygen atoms in total. The largest absolute Gasteiger partial charge is 0.416 e. The summed E-state index contributed by atoms with van der Waals surface area (Å²) in [6.07, 6.45) is -9.00. The summed E-state index contributed by atoms with van der Waals surface area (Å²) in [5.41, 5.74) is 5.13. The van der Waals surface area contributed by atoms with Crippen molar-refractivity contribution in [3.8, 4) is 67.5 Å². The van der Waals surface area contributed by atoms with E-state index >= 15 is 0 Å². The van der Waals surface area contributed by atoms with Crippen LogP contribution in [0.5, 0.6) is 0 Å². The highest BCUT2D eigenvalue weighted by Crippen LogP contribution is 2.36. The lowest BCUT2D eigenvalue weighted by Crippen LogP contribution is -2.04. The third-order valence-electron chi connectivity index (χ3n) is 8.40. The van der Waals surface area contributed by atoms with Crippen LogP contribution in [0.4, 0.5) is 26.3 Å². The van der Waals surface area contributed by atoms with Gasteiger partial charge in [-0.05, 0) is 82.8 Å². The number of hydrogen-bond acceptors (Lipinski definition) is 3. The van der Waals surface area contributed by atoms with Crippen LogP contribution in [0, 0.1) is 6.92 Å². The van der Waals surface area contributed by atoms with Gasteiger partial charge in [-0.2, -0.15) is 26.3 Å². The smallest absolute Gasteiger partial charge is 0.208 e. The highest BCUT2D eigenvalue weighted by molar-refractivity contribution is 5.76. The maximum Gasteiger partial charge on any atom is 0.416 e. The molecule has 1 heterocycles. The molecule has 0 aliphatic rings. The Labute approximate surface area is 290 Å². The Morgan fingerprint density at radius 2 is 0.608 bits per heavy atom. The first-order valence-electron chi connectivity index (χ1n) is 15.9. The number of halogens is 6. The van der Waals surface area contributed by atoms with Crippen LogP contribution in [0.15, 0.2) is 146 Å². The molecule has 7 aromatic rings. The lowest BCUT2D eigenvalue weighted by Gasteiger charge is -2.12. The summed E-state index contributed by atoms with van der Waals surface area (Å²) in [5, 5.41) is 0. The van der Waals surface area contributed by atoms with E-state index in [-0.39, 0.29) is 11.6 Å². The standard InChI is InChI=1S/C42H27F6N3/c1-26-8-2-9-27(20-26)28-10-3-15-33(21-28)38-49-39(34-16-4-11-29(22-34)31-13-6-18-36(24-31)41(43,44)45)51-40(50-38)35-17-5-12-30(23-35)32-14-7-19-37(25-32)42(46,47)48/h2-25H,1H3. The molecule has 0 spiro atoms. The molecule has 0 unspecified atom stereocenters. The topological polar surface area (TPSA) is 38.7 Å². The predicted octanol–water partition coefficient (Wildman–Crippen LogP) is 12.2. The molecule has 0 saturated carbocycles. The van der Waals surface area contributed by atoms with Gasteiger partial charge in [0.05, 0.1) is 11.1 Å². The number of alkyl halides is 6. The highest BCUT2D eigenvalue weighted by Gasteiger charge is 2.31. The van der Waals surface area contributed by atoms with E-state index in [2.05, 4.69) is 6.07 Å². The van der Waals surface area contributed by atoms with Crippen LogP contribution in [0.2, 0.25) is 0 Å². The molecule has 9 heteroatoms. The van der Waals surface area contributed by atoms with Gasteiger partial charge in [0.2, 0.25) is 0 Å². The molecule has 0 fully saturated rings. The monoisotopic (exact) mass is 687 g/mol. The molecule has 51 heavy (non-hydrogen) atoms. The fourth-order valence-corrected chi connectivity index (χ4v) is 5.85. The summed E-state index contributed by atoms with van der Waals surface area (Å²) < 4.78 is 81.2. The van der Waals surface area contributed by atoms with E-state index in [1.807, 2.05) is 49.4 Å². The summed E-state index contributed by atoms with van der Waals surface area (Å²) in [6.45, 7) is 2.01. The third-order valence-corrected chi connectivity index (χ3v) is 8.40. The normalized spacial score (nSPS) is 11.8. The Kier molecular flexibility index (Phi) is 8.73. The molecule has 0 amide bonds. The highest BCUT2D eigenvalue weighted by atomic mass is 19.4. The maximum atomic E-state index is 13.5. The van der Waals surface area contributed by atoms with Crippen molar-refractivity contribution < 1.29 is 26.3 Å². The molecular weight excluding hydrogens is 660 g/mol. The van der Waals surface area contributed by atoms with Crippen molar-refractivity contribution in [2.24, 2.45) is 0 Å². The van der Waals surface area contributed by atoms with Crippen LogP contribution in [0.25, 0.3) is 67.5 Å². The van der Waals surface area contributed by atoms with Crippen molar-refractivity contribution in [2.75, 3.05) is 0 Å². The Bertz CT molecular complexity index is 2260. The minimum atomic E-state index is -4.50. The van der Waals surface area contributed by atoms with Crippen LogP contribution in [-0.4, -0.2) is 15.0 Å². The van der Waals surface area contributed by atoms with Crippen molar-refractivity contribution >= 4 is 0 Å². The molecule has 0 saturated heterocycles. The first-order chi connectivity index (χ1) is 24.4. The number of aromatic nitrogens is 3. The van der Waals surface area contributed by atoms with Gasteiger partial charge in [0.15, 0.2) is 17.5 Å². The van der Waals surface area contributed by atoms with Crippen LogP contribution >= 0.6 is 0 Å². The Morgan fingerprint density at radius 1 is 0.333 bits per heavy atom. The molecule has 0 atom stereocenters. The average Bonchev–Trinajstić information content (AvgIpc) is 3.14. The molecule has 0 N–H and O–H groups in total. The molecule has 1 aromatic heterocycles. The number of nitrogens with zero attached hydrogens (tertiary/aromatic N) is 3. The van der Waals surface area contributed by atoms with Crippen molar-refractivity contribution in [2.45, 2.75) is 19.3 Å². The van der Waals surface area contributed by atoms with Crippen LogP contribution in [0.3, 0.4) is 0 Å². The zero-order valence-electron chi connectivity index (χ0n) is 27.0. The summed E-state index contributed by atoms with van der Waals surface area (Å²) in [5.74, 6) is 0.891. The number of rotatable bonds is 6. The summed E-state index contributed by atoms with van der Waals surface area (Å²) >= 11 is 0.